The Kier molecular flexibility index (Phi) is 18.2. The minimum atomic E-state index is -0.344. The van der Waals surface area contributed by atoms with Crippen LogP contribution in [0, 0.1) is 5.92 Å². The third-order valence-electron chi connectivity index (χ3n) is 1.93. The highest BCUT2D eigenvalue weighted by Crippen LogP contribution is 2.08. The second kappa shape index (κ2) is 14.5. The van der Waals surface area contributed by atoms with Crippen LogP contribution in [0.25, 0.3) is 0 Å². The maximum Gasteiger partial charge on any atom is 0.308 e. The van der Waals surface area contributed by atoms with Gasteiger partial charge in [-0.1, -0.05) is 6.92 Å². The van der Waals surface area contributed by atoms with Crippen molar-refractivity contribution < 1.29 is 19.1 Å². The van der Waals surface area contributed by atoms with Crippen molar-refractivity contribution in [2.24, 2.45) is 17.4 Å². The molecule has 0 aromatic rings. The molecule has 0 aromatic heterocycles. The van der Waals surface area contributed by atoms with Gasteiger partial charge in [-0.25, -0.2) is 0 Å². The molecule has 6 nitrogen and oxygen atoms in total. The molecule has 0 saturated carbocycles. The first kappa shape index (κ1) is 22.6. The van der Waals surface area contributed by atoms with Gasteiger partial charge in [0, 0.05) is 19.5 Å². The first-order chi connectivity index (χ1) is 7.61. The number of ether oxygens (including phenoxy) is 2. The molecule has 110 valence electrons. The van der Waals surface area contributed by atoms with Crippen LogP contribution < -0.4 is 11.5 Å². The Morgan fingerprint density at radius 2 is 1.56 bits per heavy atom. The number of carbonyl (C=O) groups excluding carboxylic acids is 2. The van der Waals surface area contributed by atoms with Gasteiger partial charge in [-0.2, -0.15) is 0 Å². The maximum atomic E-state index is 11.3. The fraction of sp³-hybridized carbons (Fsp3) is 0.800. The average molecular weight is 305 g/mol. The molecule has 0 radical (unpaired) electrons. The molecule has 1 unspecified atom stereocenters. The molecule has 1 atom stereocenters. The van der Waals surface area contributed by atoms with Gasteiger partial charge in [0.1, 0.15) is 13.2 Å². The van der Waals surface area contributed by atoms with Crippen molar-refractivity contribution in [2.45, 2.75) is 19.8 Å². The molecule has 0 saturated heterocycles. The predicted molar refractivity (Wildman–Crippen MR) is 72.9 cm³/mol. The summed E-state index contributed by atoms with van der Waals surface area (Å²) in [6, 6.07) is 0. The van der Waals surface area contributed by atoms with E-state index in [0.717, 1.165) is 0 Å². The van der Waals surface area contributed by atoms with Crippen LogP contribution in [-0.2, 0) is 19.1 Å². The first-order valence-corrected chi connectivity index (χ1v) is 5.34. The third-order valence-corrected chi connectivity index (χ3v) is 1.93. The quantitative estimate of drug-likeness (QED) is 0.623. The number of carbonyl (C=O) groups is 2. The molecule has 0 bridgehead atoms. The Morgan fingerprint density at radius 3 is 2.06 bits per heavy atom. The Morgan fingerprint density at radius 1 is 1.06 bits per heavy atom. The minimum Gasteiger partial charge on any atom is -0.464 e. The summed E-state index contributed by atoms with van der Waals surface area (Å²) in [6.45, 7) is 2.73. The van der Waals surface area contributed by atoms with E-state index in [9.17, 15) is 9.59 Å². The molecule has 0 spiro atoms. The van der Waals surface area contributed by atoms with Gasteiger partial charge in [-0.15, -0.1) is 24.8 Å². The number of rotatable bonds is 8. The molecule has 18 heavy (non-hydrogen) atoms. The van der Waals surface area contributed by atoms with E-state index < -0.39 is 0 Å². The van der Waals surface area contributed by atoms with Crippen LogP contribution in [0.2, 0.25) is 0 Å². The molecule has 0 rings (SSSR count). The van der Waals surface area contributed by atoms with Crippen LogP contribution in [0.4, 0.5) is 0 Å². The predicted octanol–water partition coefficient (Wildman–Crippen LogP) is 0.250. The van der Waals surface area contributed by atoms with Gasteiger partial charge in [0.25, 0.3) is 0 Å². The molecule has 0 aliphatic carbocycles. The first-order valence-electron chi connectivity index (χ1n) is 5.34. The summed E-state index contributed by atoms with van der Waals surface area (Å²) in [5.41, 5.74) is 10.4. The lowest BCUT2D eigenvalue weighted by Gasteiger charge is -2.10. The van der Waals surface area contributed by atoms with Crippen molar-refractivity contribution in [3.63, 3.8) is 0 Å². The van der Waals surface area contributed by atoms with Gasteiger partial charge < -0.3 is 20.9 Å². The van der Waals surface area contributed by atoms with Gasteiger partial charge >= 0.3 is 11.9 Å². The van der Waals surface area contributed by atoms with Gasteiger partial charge in [0.2, 0.25) is 0 Å². The number of hydrogen-bond acceptors (Lipinski definition) is 6. The van der Waals surface area contributed by atoms with E-state index >= 15 is 0 Å². The number of esters is 2. The zero-order chi connectivity index (χ0) is 12.4. The molecule has 0 amide bonds. The topological polar surface area (TPSA) is 105 Å². The van der Waals surface area contributed by atoms with Crippen LogP contribution in [0.3, 0.4) is 0 Å². The molecule has 0 aromatic carbocycles. The second-order valence-electron chi connectivity index (χ2n) is 3.41. The van der Waals surface area contributed by atoms with E-state index in [0.29, 0.717) is 19.5 Å². The van der Waals surface area contributed by atoms with Crippen molar-refractivity contribution in [3.8, 4) is 0 Å². The average Bonchev–Trinajstić information content (AvgIpc) is 2.30. The summed E-state index contributed by atoms with van der Waals surface area (Å²) >= 11 is 0. The Bertz CT molecular complexity index is 230. The molecule has 0 aliphatic heterocycles. The van der Waals surface area contributed by atoms with Crippen LogP contribution in [-0.4, -0.2) is 38.2 Å². The van der Waals surface area contributed by atoms with Gasteiger partial charge in [-0.05, 0) is 6.42 Å². The lowest BCUT2D eigenvalue weighted by Crippen LogP contribution is -2.20. The molecule has 0 fully saturated rings. The summed E-state index contributed by atoms with van der Waals surface area (Å²) in [5.74, 6) is -1.00. The number of halogens is 2. The van der Waals surface area contributed by atoms with E-state index in [1.165, 1.54) is 0 Å². The summed E-state index contributed by atoms with van der Waals surface area (Å²) in [6.07, 6.45) is 0.603. The smallest absolute Gasteiger partial charge is 0.308 e. The highest BCUT2D eigenvalue weighted by atomic mass is 35.5. The lowest BCUT2D eigenvalue weighted by atomic mass is 10.1. The highest BCUT2D eigenvalue weighted by molar-refractivity contribution is 5.85. The number of nitrogens with two attached hydrogens (primary N) is 2. The van der Waals surface area contributed by atoms with Crippen molar-refractivity contribution in [1.29, 1.82) is 0 Å². The van der Waals surface area contributed by atoms with Gasteiger partial charge in [-0.3, -0.25) is 9.59 Å². The van der Waals surface area contributed by atoms with Crippen molar-refractivity contribution in [1.82, 2.24) is 0 Å². The molecular weight excluding hydrogens is 283 g/mol. The van der Waals surface area contributed by atoms with E-state index in [1.54, 1.807) is 6.92 Å². The molecular formula is C10H22Cl2N2O4. The van der Waals surface area contributed by atoms with Crippen LogP contribution >= 0.6 is 24.8 Å². The molecule has 8 heteroatoms. The molecule has 4 N–H and O–H groups in total. The highest BCUT2D eigenvalue weighted by Gasteiger charge is 2.16. The minimum absolute atomic E-state index is 0. The summed E-state index contributed by atoms with van der Waals surface area (Å²) in [7, 11) is 0. The maximum absolute atomic E-state index is 11.3. The zero-order valence-electron chi connectivity index (χ0n) is 10.4. The zero-order valence-corrected chi connectivity index (χ0v) is 12.1. The largest absolute Gasteiger partial charge is 0.464 e. The fourth-order valence-electron chi connectivity index (χ4n) is 0.999. The summed E-state index contributed by atoms with van der Waals surface area (Å²) in [5, 5.41) is 0. The summed E-state index contributed by atoms with van der Waals surface area (Å²) in [4.78, 5) is 22.4. The SMILES string of the molecule is CC(CCC(=O)OCCN)C(=O)OCCN.Cl.Cl. The Balaban J connectivity index is -0.00000112. The monoisotopic (exact) mass is 304 g/mol. The third kappa shape index (κ3) is 11.9. The Hall–Kier alpha value is -0.560. The van der Waals surface area contributed by atoms with Crippen molar-refractivity contribution in [3.05, 3.63) is 0 Å². The Labute approximate surface area is 120 Å². The summed E-state index contributed by atoms with van der Waals surface area (Å²) < 4.78 is 9.60. The van der Waals surface area contributed by atoms with E-state index in [4.69, 9.17) is 20.9 Å². The van der Waals surface area contributed by atoms with E-state index in [-0.39, 0.29) is 62.3 Å². The van der Waals surface area contributed by atoms with Gasteiger partial charge in [0.15, 0.2) is 0 Å². The fourth-order valence-corrected chi connectivity index (χ4v) is 0.999. The van der Waals surface area contributed by atoms with Crippen LogP contribution in [0.1, 0.15) is 19.8 Å². The van der Waals surface area contributed by atoms with Gasteiger partial charge in [0.05, 0.1) is 5.92 Å². The normalized spacial score (nSPS) is 10.6. The van der Waals surface area contributed by atoms with Crippen molar-refractivity contribution >= 4 is 36.8 Å². The standard InChI is InChI=1S/C10H20N2O4.2ClH/c1-8(10(14)16-7-5-12)2-3-9(13)15-6-4-11;;/h8H,2-7,11-12H2,1H3;2*1H. The second-order valence-corrected chi connectivity index (χ2v) is 3.41. The number of hydrogen-bond donors (Lipinski definition) is 2. The van der Waals surface area contributed by atoms with Crippen molar-refractivity contribution in [2.75, 3.05) is 26.3 Å². The van der Waals surface area contributed by atoms with Crippen LogP contribution in [0.5, 0.6) is 0 Å². The van der Waals surface area contributed by atoms with Crippen LogP contribution in [0.15, 0.2) is 0 Å². The van der Waals surface area contributed by atoms with E-state index in [2.05, 4.69) is 0 Å². The lowest BCUT2D eigenvalue weighted by molar-refractivity contribution is -0.149. The molecule has 0 heterocycles. The molecule has 0 aliphatic rings. The van der Waals surface area contributed by atoms with E-state index in [1.807, 2.05) is 0 Å².